The van der Waals surface area contributed by atoms with Gasteiger partial charge in [-0.2, -0.15) is 0 Å². The van der Waals surface area contributed by atoms with E-state index in [1.54, 1.807) is 14.1 Å². The summed E-state index contributed by atoms with van der Waals surface area (Å²) in [6.07, 6.45) is 0. The van der Waals surface area contributed by atoms with E-state index in [-0.39, 0.29) is 5.75 Å². The summed E-state index contributed by atoms with van der Waals surface area (Å²) < 4.78 is 24.5. The van der Waals surface area contributed by atoms with Gasteiger partial charge in [-0.3, -0.25) is 0 Å². The third-order valence-corrected chi connectivity index (χ3v) is 5.32. The quantitative estimate of drug-likeness (QED) is 0.702. The van der Waals surface area contributed by atoms with Crippen LogP contribution in [-0.4, -0.2) is 52.2 Å². The molecule has 0 unspecified atom stereocenters. The molecule has 0 bridgehead atoms. The van der Waals surface area contributed by atoms with Gasteiger partial charge in [0.25, 0.3) is 0 Å². The minimum absolute atomic E-state index is 0.123. The minimum atomic E-state index is -3.11. The molecule has 0 saturated carbocycles. The Hall–Kier alpha value is -1.11. The molecule has 0 spiro atoms. The monoisotopic (exact) mass is 313 g/mol. The molecule has 0 fully saturated rings. The zero-order chi connectivity index (χ0) is 15.9. The summed E-state index contributed by atoms with van der Waals surface area (Å²) in [5.74, 6) is 0.123. The summed E-state index contributed by atoms with van der Waals surface area (Å²) in [5, 5.41) is 3.17. The Kier molecular flexibility index (Phi) is 7.14. The van der Waals surface area contributed by atoms with Gasteiger partial charge in [-0.15, -0.1) is 0 Å². The Morgan fingerprint density at radius 3 is 2.10 bits per heavy atom. The van der Waals surface area contributed by atoms with Gasteiger partial charge in [-0.25, -0.2) is 12.7 Å². The molecule has 0 saturated heterocycles. The summed E-state index contributed by atoms with van der Waals surface area (Å²) in [6.45, 7) is 7.42. The lowest BCUT2D eigenvalue weighted by molar-refractivity contribution is 0.517. The van der Waals surface area contributed by atoms with Gasteiger partial charge in [0.05, 0.1) is 5.75 Å². The maximum Gasteiger partial charge on any atom is 0.214 e. The molecule has 1 N–H and O–H groups in total. The van der Waals surface area contributed by atoms with Crippen molar-refractivity contribution in [2.75, 3.05) is 44.4 Å². The molecule has 0 aliphatic heterocycles. The highest BCUT2D eigenvalue weighted by molar-refractivity contribution is 7.89. The van der Waals surface area contributed by atoms with E-state index >= 15 is 0 Å². The number of benzene rings is 1. The molecule has 0 aliphatic rings. The van der Waals surface area contributed by atoms with Gasteiger partial charge in [-0.05, 0) is 31.5 Å². The molecule has 0 aliphatic carbocycles. The van der Waals surface area contributed by atoms with E-state index in [2.05, 4.69) is 48.3 Å². The van der Waals surface area contributed by atoms with Crippen LogP contribution in [-0.2, 0) is 16.6 Å². The normalized spacial score (nSPS) is 11.9. The lowest BCUT2D eigenvalue weighted by Gasteiger charge is -2.21. The molecular formula is C15H27N3O2S. The third kappa shape index (κ3) is 5.65. The van der Waals surface area contributed by atoms with Gasteiger partial charge in [0, 0.05) is 46.0 Å². The second kappa shape index (κ2) is 8.36. The smallest absolute Gasteiger partial charge is 0.214 e. The van der Waals surface area contributed by atoms with Crippen LogP contribution in [0.2, 0.25) is 0 Å². The van der Waals surface area contributed by atoms with Gasteiger partial charge in [0.1, 0.15) is 0 Å². The Morgan fingerprint density at radius 2 is 1.62 bits per heavy atom. The fourth-order valence-corrected chi connectivity index (χ4v) is 2.80. The van der Waals surface area contributed by atoms with E-state index in [0.717, 1.165) is 18.7 Å². The first kappa shape index (κ1) is 17.9. The van der Waals surface area contributed by atoms with Gasteiger partial charge < -0.3 is 10.2 Å². The number of hydrogen-bond donors (Lipinski definition) is 1. The predicted octanol–water partition coefficient (Wildman–Crippen LogP) is 1.51. The van der Waals surface area contributed by atoms with Crippen LogP contribution in [0.5, 0.6) is 0 Å². The molecule has 1 rings (SSSR count). The molecule has 0 aromatic heterocycles. The van der Waals surface area contributed by atoms with Gasteiger partial charge in [0.2, 0.25) is 10.0 Å². The fourth-order valence-electron chi connectivity index (χ4n) is 2.03. The molecule has 120 valence electrons. The van der Waals surface area contributed by atoms with E-state index in [1.807, 2.05) is 0 Å². The molecule has 0 atom stereocenters. The van der Waals surface area contributed by atoms with Gasteiger partial charge in [-0.1, -0.05) is 12.1 Å². The minimum Gasteiger partial charge on any atom is -0.372 e. The van der Waals surface area contributed by atoms with Crippen molar-refractivity contribution in [3.05, 3.63) is 29.8 Å². The van der Waals surface area contributed by atoms with E-state index < -0.39 is 10.0 Å². The first-order valence-electron chi connectivity index (χ1n) is 7.35. The van der Waals surface area contributed by atoms with E-state index in [1.165, 1.54) is 9.99 Å². The lowest BCUT2D eigenvalue weighted by atomic mass is 10.2. The molecule has 21 heavy (non-hydrogen) atoms. The van der Waals surface area contributed by atoms with Crippen molar-refractivity contribution in [1.82, 2.24) is 9.62 Å². The largest absolute Gasteiger partial charge is 0.372 e. The SMILES string of the molecule is CCN(CC)c1ccc(CNCCS(=O)(=O)N(C)C)cc1. The van der Waals surface area contributed by atoms with E-state index in [9.17, 15) is 8.42 Å². The standard InChI is InChI=1S/C15H27N3O2S/c1-5-18(6-2)15-9-7-14(8-10-15)13-16-11-12-21(19,20)17(3)4/h7-10,16H,5-6,11-13H2,1-4H3. The van der Waals surface area contributed by atoms with Crippen molar-refractivity contribution in [2.24, 2.45) is 0 Å². The second-order valence-corrected chi connectivity index (χ2v) is 7.42. The number of nitrogens with zero attached hydrogens (tertiary/aromatic N) is 2. The molecular weight excluding hydrogens is 286 g/mol. The lowest BCUT2D eigenvalue weighted by Crippen LogP contribution is -2.31. The summed E-state index contributed by atoms with van der Waals surface area (Å²) in [5.41, 5.74) is 2.38. The topological polar surface area (TPSA) is 52.7 Å². The van der Waals surface area contributed by atoms with Crippen molar-refractivity contribution >= 4 is 15.7 Å². The van der Waals surface area contributed by atoms with Crippen LogP contribution in [0.1, 0.15) is 19.4 Å². The summed E-state index contributed by atoms with van der Waals surface area (Å²) in [4.78, 5) is 2.29. The number of anilines is 1. The molecule has 1 aromatic carbocycles. The Bertz CT molecular complexity index is 508. The first-order valence-corrected chi connectivity index (χ1v) is 8.96. The van der Waals surface area contributed by atoms with Gasteiger partial charge >= 0.3 is 0 Å². The zero-order valence-electron chi connectivity index (χ0n) is 13.5. The summed E-state index contributed by atoms with van der Waals surface area (Å²) >= 11 is 0. The Balaban J connectivity index is 2.43. The number of sulfonamides is 1. The molecule has 1 aromatic rings. The number of rotatable bonds is 9. The Labute approximate surface area is 129 Å². The molecule has 6 heteroatoms. The maximum absolute atomic E-state index is 11.6. The molecule has 5 nitrogen and oxygen atoms in total. The molecule has 0 radical (unpaired) electrons. The highest BCUT2D eigenvalue weighted by Gasteiger charge is 2.12. The van der Waals surface area contributed by atoms with Crippen LogP contribution in [0.3, 0.4) is 0 Å². The summed E-state index contributed by atoms with van der Waals surface area (Å²) in [7, 11) is 0.000432. The highest BCUT2D eigenvalue weighted by Crippen LogP contribution is 2.14. The van der Waals surface area contributed by atoms with Crippen LogP contribution < -0.4 is 10.2 Å². The second-order valence-electron chi connectivity index (χ2n) is 5.11. The number of nitrogens with one attached hydrogen (secondary N) is 1. The van der Waals surface area contributed by atoms with Crippen molar-refractivity contribution in [3.8, 4) is 0 Å². The fraction of sp³-hybridized carbons (Fsp3) is 0.600. The van der Waals surface area contributed by atoms with Gasteiger partial charge in [0.15, 0.2) is 0 Å². The highest BCUT2D eigenvalue weighted by atomic mass is 32.2. The van der Waals surface area contributed by atoms with Crippen molar-refractivity contribution in [3.63, 3.8) is 0 Å². The number of hydrogen-bond acceptors (Lipinski definition) is 4. The van der Waals surface area contributed by atoms with Crippen molar-refractivity contribution < 1.29 is 8.42 Å². The van der Waals surface area contributed by atoms with Crippen LogP contribution in [0.25, 0.3) is 0 Å². The molecule has 0 amide bonds. The predicted molar refractivity (Wildman–Crippen MR) is 89.2 cm³/mol. The zero-order valence-corrected chi connectivity index (χ0v) is 14.3. The average Bonchev–Trinajstić information content (AvgIpc) is 2.46. The third-order valence-electron chi connectivity index (χ3n) is 3.49. The Morgan fingerprint density at radius 1 is 1.05 bits per heavy atom. The first-order chi connectivity index (χ1) is 9.90. The van der Waals surface area contributed by atoms with Crippen LogP contribution in [0.4, 0.5) is 5.69 Å². The van der Waals surface area contributed by atoms with Crippen LogP contribution in [0, 0.1) is 0 Å². The van der Waals surface area contributed by atoms with Crippen molar-refractivity contribution in [2.45, 2.75) is 20.4 Å². The maximum atomic E-state index is 11.6. The van der Waals surface area contributed by atoms with Crippen LogP contribution in [0.15, 0.2) is 24.3 Å². The van der Waals surface area contributed by atoms with E-state index in [4.69, 9.17) is 0 Å². The average molecular weight is 313 g/mol. The summed E-state index contributed by atoms with van der Waals surface area (Å²) in [6, 6.07) is 8.39. The van der Waals surface area contributed by atoms with Crippen molar-refractivity contribution in [1.29, 1.82) is 0 Å². The van der Waals surface area contributed by atoms with Crippen LogP contribution >= 0.6 is 0 Å². The van der Waals surface area contributed by atoms with E-state index in [0.29, 0.717) is 13.1 Å². The molecule has 0 heterocycles.